The predicted molar refractivity (Wildman–Crippen MR) is 137 cm³/mol. The molecule has 0 radical (unpaired) electrons. The summed E-state index contributed by atoms with van der Waals surface area (Å²) in [5.41, 5.74) is 1.54. The number of ether oxygens (including phenoxy) is 1. The molecule has 0 N–H and O–H groups in total. The summed E-state index contributed by atoms with van der Waals surface area (Å²) in [5, 5.41) is 7.42. The second kappa shape index (κ2) is 9.97. The number of carbonyl (C=O) groups excluding carboxylic acids is 2. The van der Waals surface area contributed by atoms with E-state index >= 15 is 0 Å². The topological polar surface area (TPSA) is 83.8 Å². The van der Waals surface area contributed by atoms with Crippen molar-refractivity contribution in [1.82, 2.24) is 29.5 Å². The predicted octanol–water partition coefficient (Wildman–Crippen LogP) is 3.66. The summed E-state index contributed by atoms with van der Waals surface area (Å²) in [4.78, 5) is 35.7. The highest BCUT2D eigenvalue weighted by Crippen LogP contribution is 2.26. The Morgan fingerprint density at radius 2 is 1.77 bits per heavy atom. The van der Waals surface area contributed by atoms with Crippen molar-refractivity contribution in [2.45, 2.75) is 12.4 Å². The van der Waals surface area contributed by atoms with E-state index in [0.717, 1.165) is 13.1 Å². The van der Waals surface area contributed by atoms with Crippen LogP contribution in [0.4, 0.5) is 13.2 Å². The Morgan fingerprint density at radius 1 is 0.974 bits per heavy atom. The Hall–Kier alpha value is -3.97. The van der Waals surface area contributed by atoms with Gasteiger partial charge in [0.1, 0.15) is 5.75 Å². The molecule has 0 aliphatic carbocycles. The van der Waals surface area contributed by atoms with Gasteiger partial charge in [-0.1, -0.05) is 6.07 Å². The fourth-order valence-corrected chi connectivity index (χ4v) is 5.51. The third-order valence-electron chi connectivity index (χ3n) is 6.95. The first kappa shape index (κ1) is 25.3. The summed E-state index contributed by atoms with van der Waals surface area (Å²) < 4.78 is 43.2. The Balaban J connectivity index is 1.06. The van der Waals surface area contributed by atoms with Crippen LogP contribution in [0.25, 0.3) is 16.6 Å². The van der Waals surface area contributed by atoms with Crippen LogP contribution in [-0.4, -0.2) is 93.0 Å². The van der Waals surface area contributed by atoms with Gasteiger partial charge in [-0.2, -0.15) is 5.10 Å². The first-order valence-electron chi connectivity index (χ1n) is 12.3. The second-order valence-corrected chi connectivity index (χ2v) is 10.3. The van der Waals surface area contributed by atoms with E-state index in [0.29, 0.717) is 53.3 Å². The van der Waals surface area contributed by atoms with E-state index in [1.165, 1.54) is 34.2 Å². The number of amides is 2. The lowest BCUT2D eigenvalue weighted by Crippen LogP contribution is -2.64. The monoisotopic (exact) mass is 556 g/mol. The van der Waals surface area contributed by atoms with Gasteiger partial charge in [-0.15, -0.1) is 24.5 Å². The highest BCUT2D eigenvalue weighted by atomic mass is 32.1. The molecule has 0 spiro atoms. The van der Waals surface area contributed by atoms with Gasteiger partial charge in [-0.05, 0) is 30.3 Å². The Kier molecular flexibility index (Phi) is 6.47. The zero-order valence-corrected chi connectivity index (χ0v) is 21.4. The number of fused-ring (bicyclic) bond motifs is 1. The molecule has 2 aromatic carbocycles. The summed E-state index contributed by atoms with van der Waals surface area (Å²) in [6.07, 6.45) is -1.48. The third kappa shape index (κ3) is 5.32. The van der Waals surface area contributed by atoms with Crippen molar-refractivity contribution in [1.29, 1.82) is 0 Å². The summed E-state index contributed by atoms with van der Waals surface area (Å²) in [5.74, 6) is -0.453. The number of halogens is 3. The molecule has 2 aliphatic rings. The number of benzene rings is 2. The maximum Gasteiger partial charge on any atom is 0.573 e. The van der Waals surface area contributed by atoms with Crippen LogP contribution < -0.4 is 4.74 Å². The van der Waals surface area contributed by atoms with Gasteiger partial charge in [0.25, 0.3) is 11.8 Å². The minimum absolute atomic E-state index is 0.0314. The van der Waals surface area contributed by atoms with Crippen LogP contribution in [0.5, 0.6) is 5.75 Å². The number of carbonyl (C=O) groups is 2. The molecule has 0 bridgehead atoms. The van der Waals surface area contributed by atoms with Gasteiger partial charge in [0.05, 0.1) is 11.2 Å². The van der Waals surface area contributed by atoms with Crippen LogP contribution in [0.1, 0.15) is 20.2 Å². The number of piperazine rings is 1. The molecule has 13 heteroatoms. The molecule has 39 heavy (non-hydrogen) atoms. The molecule has 9 nitrogen and oxygen atoms in total. The van der Waals surface area contributed by atoms with Gasteiger partial charge in [0.15, 0.2) is 5.01 Å². The van der Waals surface area contributed by atoms with E-state index in [4.69, 9.17) is 0 Å². The fourth-order valence-electron chi connectivity index (χ4n) is 4.90. The molecule has 4 heterocycles. The van der Waals surface area contributed by atoms with Crippen molar-refractivity contribution in [3.63, 3.8) is 0 Å². The van der Waals surface area contributed by atoms with E-state index in [2.05, 4.69) is 19.7 Å². The van der Waals surface area contributed by atoms with Crippen molar-refractivity contribution < 1.29 is 27.5 Å². The molecule has 2 fully saturated rings. The van der Waals surface area contributed by atoms with E-state index in [-0.39, 0.29) is 23.6 Å². The maximum absolute atomic E-state index is 13.1. The number of aromatic nitrogens is 3. The van der Waals surface area contributed by atoms with E-state index in [1.807, 2.05) is 4.90 Å². The SMILES string of the molecule is O=C(c1ccc2nn(-c3cccc(OC(F)(F)F)c3)cc2c1)N1CC(N2CCN(C(=O)c3nccs3)CC2)C1. The number of likely N-dealkylation sites (tertiary alicyclic amines) is 1. The van der Waals surface area contributed by atoms with Gasteiger partial charge in [0, 0.05) is 80.1 Å². The summed E-state index contributed by atoms with van der Waals surface area (Å²) in [7, 11) is 0. The molecule has 2 saturated heterocycles. The zero-order chi connectivity index (χ0) is 27.1. The molecule has 0 atom stereocenters. The second-order valence-electron chi connectivity index (χ2n) is 9.42. The lowest BCUT2D eigenvalue weighted by Gasteiger charge is -2.48. The smallest absolute Gasteiger partial charge is 0.406 e. The molecular formula is C26H23F3N6O3S. The van der Waals surface area contributed by atoms with Crippen LogP contribution in [-0.2, 0) is 0 Å². The normalized spacial score (nSPS) is 16.9. The standard InChI is InChI=1S/C26H23F3N6O3S/c27-26(28,29)38-21-3-1-2-19(13-21)35-14-18-12-17(4-5-22(18)31-35)24(36)34-15-20(16-34)32-7-9-33(10-8-32)25(37)23-30-6-11-39-23/h1-6,11-14,20H,7-10,15-16H2. The van der Waals surface area contributed by atoms with Gasteiger partial charge in [-0.25, -0.2) is 9.67 Å². The summed E-state index contributed by atoms with van der Waals surface area (Å²) >= 11 is 1.34. The van der Waals surface area contributed by atoms with Crippen molar-refractivity contribution in [2.24, 2.45) is 0 Å². The Morgan fingerprint density at radius 3 is 2.49 bits per heavy atom. The van der Waals surface area contributed by atoms with E-state index in [1.54, 1.807) is 46.9 Å². The number of nitrogens with zero attached hydrogens (tertiary/aromatic N) is 6. The van der Waals surface area contributed by atoms with Gasteiger partial charge in [0.2, 0.25) is 0 Å². The maximum atomic E-state index is 13.1. The van der Waals surface area contributed by atoms with Crippen LogP contribution in [0, 0.1) is 0 Å². The number of rotatable bonds is 5. The first-order chi connectivity index (χ1) is 18.7. The zero-order valence-electron chi connectivity index (χ0n) is 20.5. The van der Waals surface area contributed by atoms with Crippen molar-refractivity contribution >= 4 is 34.1 Å². The van der Waals surface area contributed by atoms with Crippen LogP contribution >= 0.6 is 11.3 Å². The lowest BCUT2D eigenvalue weighted by atomic mass is 10.0. The first-order valence-corrected chi connectivity index (χ1v) is 13.2. The van der Waals surface area contributed by atoms with Gasteiger partial charge in [-0.3, -0.25) is 14.5 Å². The molecule has 6 rings (SSSR count). The number of alkyl halides is 3. The average molecular weight is 557 g/mol. The molecule has 202 valence electrons. The van der Waals surface area contributed by atoms with Gasteiger partial charge >= 0.3 is 6.36 Å². The minimum atomic E-state index is -4.78. The van der Waals surface area contributed by atoms with Crippen LogP contribution in [0.15, 0.2) is 60.2 Å². The molecule has 4 aromatic rings. The molecule has 2 aliphatic heterocycles. The molecule has 2 amide bonds. The summed E-state index contributed by atoms with van der Waals surface area (Å²) in [6, 6.07) is 11.0. The van der Waals surface area contributed by atoms with E-state index in [9.17, 15) is 22.8 Å². The number of hydrogen-bond acceptors (Lipinski definition) is 7. The third-order valence-corrected chi connectivity index (χ3v) is 7.71. The lowest BCUT2D eigenvalue weighted by molar-refractivity contribution is -0.274. The fraction of sp³-hybridized carbons (Fsp3) is 0.308. The number of hydrogen-bond donors (Lipinski definition) is 0. The van der Waals surface area contributed by atoms with Crippen LogP contribution in [0.3, 0.4) is 0 Å². The Bertz CT molecular complexity index is 1510. The van der Waals surface area contributed by atoms with Crippen molar-refractivity contribution in [2.75, 3.05) is 39.3 Å². The van der Waals surface area contributed by atoms with Crippen LogP contribution in [0.2, 0.25) is 0 Å². The van der Waals surface area contributed by atoms with Gasteiger partial charge < -0.3 is 14.5 Å². The summed E-state index contributed by atoms with van der Waals surface area (Å²) in [6.45, 7) is 4.00. The minimum Gasteiger partial charge on any atom is -0.406 e. The average Bonchev–Trinajstić information content (AvgIpc) is 3.57. The Labute approximate surface area is 225 Å². The molecule has 0 saturated carbocycles. The van der Waals surface area contributed by atoms with Crippen molar-refractivity contribution in [3.8, 4) is 11.4 Å². The quantitative estimate of drug-likeness (QED) is 0.373. The van der Waals surface area contributed by atoms with Crippen molar-refractivity contribution in [3.05, 3.63) is 70.8 Å². The number of thiazole rings is 1. The molecule has 2 aromatic heterocycles. The van der Waals surface area contributed by atoms with E-state index < -0.39 is 6.36 Å². The highest BCUT2D eigenvalue weighted by molar-refractivity contribution is 7.11. The largest absolute Gasteiger partial charge is 0.573 e. The molecule has 0 unspecified atom stereocenters. The molecular weight excluding hydrogens is 533 g/mol. The highest BCUT2D eigenvalue weighted by Gasteiger charge is 2.37.